The van der Waals surface area contributed by atoms with E-state index < -0.39 is 47.4 Å². The summed E-state index contributed by atoms with van der Waals surface area (Å²) in [4.78, 5) is 68.0. The standard InChI is InChI=1S/C34H48N4O6/c1-33(2,3)44-32(43)37-26(22-16-20-13-9-10-14-21(20)17-22)31(42)38-18-23-25(34(23,4)5)27(38)30(41)36-24(28(39)29(35)40)15-19-11-7-6-8-12-19/h9-10,13-14,19,22-27H,6-8,11-12,15-18H2,1-5H3,(H2,35,40)(H,36,41)(H,37,43)/t23?,24?,25?,26-,27-/m0/s1. The van der Waals surface area contributed by atoms with E-state index in [1.54, 1.807) is 25.7 Å². The van der Waals surface area contributed by atoms with Crippen LogP contribution in [-0.2, 0) is 36.8 Å². The first-order valence-corrected chi connectivity index (χ1v) is 16.2. The number of Topliss-reactive ketones (excluding diaryl/α,β-unsaturated/α-hetero) is 1. The summed E-state index contributed by atoms with van der Waals surface area (Å²) in [7, 11) is 0. The smallest absolute Gasteiger partial charge is 0.408 e. The van der Waals surface area contributed by atoms with Crippen molar-refractivity contribution in [2.45, 2.75) is 110 Å². The summed E-state index contributed by atoms with van der Waals surface area (Å²) in [6.45, 7) is 9.84. The summed E-state index contributed by atoms with van der Waals surface area (Å²) in [6.07, 6.45) is 6.01. The number of nitrogens with zero attached hydrogens (tertiary/aromatic N) is 1. The molecule has 0 spiro atoms. The second-order valence-electron chi connectivity index (χ2n) is 15.0. The lowest BCUT2D eigenvalue weighted by atomic mass is 9.83. The number of amides is 4. The van der Waals surface area contributed by atoms with E-state index in [4.69, 9.17) is 10.5 Å². The summed E-state index contributed by atoms with van der Waals surface area (Å²) < 4.78 is 5.55. The van der Waals surface area contributed by atoms with Crippen LogP contribution in [0.5, 0.6) is 0 Å². The number of primary amides is 1. The molecule has 3 unspecified atom stereocenters. The van der Waals surface area contributed by atoms with Crippen molar-refractivity contribution in [3.63, 3.8) is 0 Å². The molecule has 240 valence electrons. The topological polar surface area (TPSA) is 148 Å². The van der Waals surface area contributed by atoms with Gasteiger partial charge in [0.2, 0.25) is 17.6 Å². The lowest BCUT2D eigenvalue weighted by Crippen LogP contribution is -2.60. The maximum atomic E-state index is 14.5. The number of likely N-dealkylation sites (tertiary alicyclic amines) is 1. The molecule has 3 aliphatic carbocycles. The number of hydrogen-bond acceptors (Lipinski definition) is 6. The Kier molecular flexibility index (Phi) is 8.84. The van der Waals surface area contributed by atoms with Gasteiger partial charge in [0.05, 0.1) is 6.04 Å². The van der Waals surface area contributed by atoms with Gasteiger partial charge in [-0.2, -0.15) is 0 Å². The number of fused-ring (bicyclic) bond motifs is 2. The molecular weight excluding hydrogens is 560 g/mol. The van der Waals surface area contributed by atoms with Crippen LogP contribution in [0.15, 0.2) is 24.3 Å². The average Bonchev–Trinajstić information content (AvgIpc) is 3.32. The van der Waals surface area contributed by atoms with Crippen LogP contribution >= 0.6 is 0 Å². The molecule has 10 heteroatoms. The molecule has 4 amide bonds. The van der Waals surface area contributed by atoms with Gasteiger partial charge in [0, 0.05) is 6.54 Å². The summed E-state index contributed by atoms with van der Waals surface area (Å²) in [6, 6.07) is 5.25. The molecule has 2 saturated carbocycles. The van der Waals surface area contributed by atoms with Crippen LogP contribution in [-0.4, -0.2) is 64.8 Å². The van der Waals surface area contributed by atoms with Gasteiger partial charge in [-0.25, -0.2) is 4.79 Å². The molecule has 1 saturated heterocycles. The Hall–Kier alpha value is -3.43. The number of nitrogens with one attached hydrogen (secondary N) is 2. The van der Waals surface area contributed by atoms with Crippen LogP contribution in [0.4, 0.5) is 4.79 Å². The van der Waals surface area contributed by atoms with Crippen molar-refractivity contribution in [3.05, 3.63) is 35.4 Å². The number of carbonyl (C=O) groups is 5. The normalized spacial score (nSPS) is 25.8. The molecule has 1 aliphatic heterocycles. The molecule has 3 fully saturated rings. The minimum Gasteiger partial charge on any atom is -0.444 e. The van der Waals surface area contributed by atoms with E-state index in [0.29, 0.717) is 25.8 Å². The number of hydrogen-bond donors (Lipinski definition) is 3. The third-order valence-corrected chi connectivity index (χ3v) is 10.4. The van der Waals surface area contributed by atoms with E-state index in [-0.39, 0.29) is 35.0 Å². The van der Waals surface area contributed by atoms with Crippen LogP contribution in [0.3, 0.4) is 0 Å². The number of alkyl carbamates (subject to hydrolysis) is 1. The number of ketones is 1. The molecule has 1 aromatic rings. The zero-order valence-corrected chi connectivity index (χ0v) is 26.7. The van der Waals surface area contributed by atoms with Crippen molar-refractivity contribution in [1.29, 1.82) is 0 Å². The monoisotopic (exact) mass is 608 g/mol. The Morgan fingerprint density at radius 2 is 1.61 bits per heavy atom. The Bertz CT molecular complexity index is 1290. The van der Waals surface area contributed by atoms with Gasteiger partial charge in [-0.15, -0.1) is 0 Å². The number of rotatable bonds is 9. The highest BCUT2D eigenvalue weighted by atomic mass is 16.6. The van der Waals surface area contributed by atoms with E-state index in [9.17, 15) is 24.0 Å². The number of ether oxygens (including phenoxy) is 1. The van der Waals surface area contributed by atoms with Gasteiger partial charge in [0.1, 0.15) is 17.7 Å². The SMILES string of the molecule is CC(C)(C)OC(=O)N[C@H](C(=O)N1CC2C([C@H]1C(=O)NC(CC1CCCCC1)C(=O)C(N)=O)C2(C)C)C1Cc2ccccc2C1. The van der Waals surface area contributed by atoms with Gasteiger partial charge in [0.15, 0.2) is 0 Å². The van der Waals surface area contributed by atoms with Gasteiger partial charge < -0.3 is 26.0 Å². The summed E-state index contributed by atoms with van der Waals surface area (Å²) in [5.41, 5.74) is 6.76. The van der Waals surface area contributed by atoms with E-state index in [2.05, 4.69) is 24.5 Å². The Morgan fingerprint density at radius 1 is 1.00 bits per heavy atom. The molecule has 44 heavy (non-hydrogen) atoms. The highest BCUT2D eigenvalue weighted by Crippen LogP contribution is 2.65. The highest BCUT2D eigenvalue weighted by molar-refractivity contribution is 6.37. The molecule has 0 radical (unpaired) electrons. The first kappa shape index (κ1) is 32.0. The molecule has 1 aromatic carbocycles. The average molecular weight is 609 g/mol. The summed E-state index contributed by atoms with van der Waals surface area (Å²) in [5.74, 6) is -2.65. The Morgan fingerprint density at radius 3 is 2.18 bits per heavy atom. The maximum Gasteiger partial charge on any atom is 0.408 e. The van der Waals surface area contributed by atoms with E-state index >= 15 is 0 Å². The predicted octanol–water partition coefficient (Wildman–Crippen LogP) is 3.29. The Balaban J connectivity index is 1.39. The quantitative estimate of drug-likeness (QED) is 0.367. The molecule has 4 N–H and O–H groups in total. The van der Waals surface area contributed by atoms with E-state index in [0.717, 1.165) is 43.2 Å². The van der Waals surface area contributed by atoms with Crippen molar-refractivity contribution in [1.82, 2.24) is 15.5 Å². The first-order valence-electron chi connectivity index (χ1n) is 16.2. The molecule has 0 bridgehead atoms. The maximum absolute atomic E-state index is 14.5. The zero-order chi connectivity index (χ0) is 32.0. The van der Waals surface area contributed by atoms with Gasteiger partial charge in [0.25, 0.3) is 5.91 Å². The molecule has 4 aliphatic rings. The molecule has 5 atom stereocenters. The van der Waals surface area contributed by atoms with Crippen molar-refractivity contribution in [2.75, 3.05) is 6.54 Å². The second-order valence-corrected chi connectivity index (χ2v) is 15.0. The number of carbonyl (C=O) groups excluding carboxylic acids is 5. The van der Waals surface area contributed by atoms with Crippen molar-refractivity contribution in [3.8, 4) is 0 Å². The fourth-order valence-electron chi connectivity index (χ4n) is 8.05. The zero-order valence-electron chi connectivity index (χ0n) is 26.7. The Labute approximate surface area is 260 Å². The van der Waals surface area contributed by atoms with Crippen LogP contribution in [0.1, 0.15) is 84.3 Å². The van der Waals surface area contributed by atoms with Crippen molar-refractivity contribution < 1.29 is 28.7 Å². The fraction of sp³-hybridized carbons (Fsp3) is 0.676. The van der Waals surface area contributed by atoms with Crippen LogP contribution in [0, 0.1) is 29.1 Å². The van der Waals surface area contributed by atoms with Gasteiger partial charge >= 0.3 is 6.09 Å². The van der Waals surface area contributed by atoms with Gasteiger partial charge in [-0.3, -0.25) is 19.2 Å². The highest BCUT2D eigenvalue weighted by Gasteiger charge is 2.69. The summed E-state index contributed by atoms with van der Waals surface area (Å²) in [5, 5.41) is 5.73. The summed E-state index contributed by atoms with van der Waals surface area (Å²) >= 11 is 0. The minimum atomic E-state index is -1.07. The molecular formula is C34H48N4O6. The van der Waals surface area contributed by atoms with E-state index in [1.165, 1.54) is 0 Å². The lowest BCUT2D eigenvalue weighted by Gasteiger charge is -2.36. The van der Waals surface area contributed by atoms with Crippen LogP contribution in [0.2, 0.25) is 0 Å². The molecule has 0 aromatic heterocycles. The van der Waals surface area contributed by atoms with Crippen molar-refractivity contribution in [2.24, 2.45) is 34.8 Å². The molecule has 10 nitrogen and oxygen atoms in total. The van der Waals surface area contributed by atoms with E-state index in [1.807, 2.05) is 24.3 Å². The molecule has 5 rings (SSSR count). The lowest BCUT2D eigenvalue weighted by molar-refractivity contribution is -0.144. The molecule has 1 heterocycles. The second kappa shape index (κ2) is 12.2. The van der Waals surface area contributed by atoms with Crippen molar-refractivity contribution >= 4 is 29.6 Å². The third-order valence-electron chi connectivity index (χ3n) is 10.4. The number of benzene rings is 1. The fourth-order valence-corrected chi connectivity index (χ4v) is 8.05. The number of piperidine rings is 1. The first-order chi connectivity index (χ1) is 20.7. The van der Waals surface area contributed by atoms with Crippen LogP contribution < -0.4 is 16.4 Å². The van der Waals surface area contributed by atoms with Gasteiger partial charge in [-0.05, 0) is 80.2 Å². The minimum absolute atomic E-state index is 0.103. The van der Waals surface area contributed by atoms with Crippen LogP contribution in [0.25, 0.3) is 0 Å². The predicted molar refractivity (Wildman–Crippen MR) is 164 cm³/mol. The van der Waals surface area contributed by atoms with Gasteiger partial charge in [-0.1, -0.05) is 70.2 Å². The largest absolute Gasteiger partial charge is 0.444 e. The number of nitrogens with two attached hydrogens (primary N) is 1. The third kappa shape index (κ3) is 6.64.